The Labute approximate surface area is 173 Å². The third kappa shape index (κ3) is 6.22. The minimum atomic E-state index is -0.199. The van der Waals surface area contributed by atoms with Crippen LogP contribution < -0.4 is 15.6 Å². The Morgan fingerprint density at radius 3 is 2.55 bits per heavy atom. The summed E-state index contributed by atoms with van der Waals surface area (Å²) in [5, 5.41) is 7.25. The summed E-state index contributed by atoms with van der Waals surface area (Å²) >= 11 is 1.56. The van der Waals surface area contributed by atoms with E-state index in [0.717, 1.165) is 17.1 Å². The predicted molar refractivity (Wildman–Crippen MR) is 116 cm³/mol. The van der Waals surface area contributed by atoms with Gasteiger partial charge in [0, 0.05) is 23.9 Å². The number of nitrogens with one attached hydrogen (secondary N) is 1. The van der Waals surface area contributed by atoms with Crippen LogP contribution in [-0.2, 0) is 17.1 Å². The number of methoxy groups -OCH3 is 1. The Morgan fingerprint density at radius 2 is 1.83 bits per heavy atom. The van der Waals surface area contributed by atoms with Gasteiger partial charge >= 0.3 is 0 Å². The van der Waals surface area contributed by atoms with Gasteiger partial charge < -0.3 is 10.1 Å². The fourth-order valence-electron chi connectivity index (χ4n) is 2.71. The molecule has 150 valence electrons. The van der Waals surface area contributed by atoms with E-state index in [1.807, 2.05) is 54.6 Å². The Bertz CT molecular complexity index is 988. The van der Waals surface area contributed by atoms with Gasteiger partial charge in [-0.15, -0.1) is 11.8 Å². The summed E-state index contributed by atoms with van der Waals surface area (Å²) in [4.78, 5) is 24.1. The normalized spacial score (nSPS) is 10.5. The molecule has 0 aliphatic rings. The van der Waals surface area contributed by atoms with Crippen LogP contribution >= 0.6 is 11.8 Å². The van der Waals surface area contributed by atoms with Crippen molar-refractivity contribution in [1.82, 2.24) is 15.1 Å². The van der Waals surface area contributed by atoms with Crippen LogP contribution in [0, 0.1) is 0 Å². The molecule has 0 aliphatic heterocycles. The Hall–Kier alpha value is -3.06. The highest BCUT2D eigenvalue weighted by atomic mass is 32.2. The first-order valence-electron chi connectivity index (χ1n) is 9.26. The van der Waals surface area contributed by atoms with Gasteiger partial charge in [-0.05, 0) is 35.9 Å². The zero-order chi connectivity index (χ0) is 20.5. The summed E-state index contributed by atoms with van der Waals surface area (Å²) in [5.74, 6) is 1.88. The van der Waals surface area contributed by atoms with E-state index >= 15 is 0 Å². The van der Waals surface area contributed by atoms with E-state index < -0.39 is 0 Å². The number of benzene rings is 2. The SMILES string of the molecule is COc1ccc(-c2ccc(=O)n(CCNC(=O)CSCc3ccccc3)n2)cc1. The second kappa shape index (κ2) is 10.5. The molecule has 1 N–H and O–H groups in total. The lowest BCUT2D eigenvalue weighted by atomic mass is 10.1. The van der Waals surface area contributed by atoms with E-state index in [-0.39, 0.29) is 11.5 Å². The van der Waals surface area contributed by atoms with Crippen molar-refractivity contribution >= 4 is 17.7 Å². The van der Waals surface area contributed by atoms with Gasteiger partial charge in [0.05, 0.1) is 25.1 Å². The van der Waals surface area contributed by atoms with Crippen molar-refractivity contribution in [2.75, 3.05) is 19.4 Å². The third-order valence-corrected chi connectivity index (χ3v) is 5.25. The van der Waals surface area contributed by atoms with E-state index in [1.54, 1.807) is 24.9 Å². The molecule has 3 aromatic rings. The number of amides is 1. The van der Waals surface area contributed by atoms with Crippen molar-refractivity contribution in [3.63, 3.8) is 0 Å². The molecule has 7 heteroatoms. The van der Waals surface area contributed by atoms with Gasteiger partial charge in [0.15, 0.2) is 0 Å². The molecule has 0 saturated heterocycles. The van der Waals surface area contributed by atoms with Crippen LogP contribution in [-0.4, -0.2) is 35.1 Å². The van der Waals surface area contributed by atoms with Crippen molar-refractivity contribution in [2.24, 2.45) is 0 Å². The summed E-state index contributed by atoms with van der Waals surface area (Å²) in [5.41, 5.74) is 2.57. The fraction of sp³-hybridized carbons (Fsp3) is 0.227. The van der Waals surface area contributed by atoms with Crippen molar-refractivity contribution in [3.05, 3.63) is 82.6 Å². The standard InChI is InChI=1S/C22H23N3O3S/c1-28-19-9-7-18(8-10-19)20-11-12-22(27)25(24-20)14-13-23-21(26)16-29-15-17-5-3-2-4-6-17/h2-12H,13-16H2,1H3,(H,23,26). The summed E-state index contributed by atoms with van der Waals surface area (Å²) < 4.78 is 6.53. The third-order valence-electron chi connectivity index (χ3n) is 4.24. The zero-order valence-corrected chi connectivity index (χ0v) is 17.0. The van der Waals surface area contributed by atoms with E-state index in [9.17, 15) is 9.59 Å². The van der Waals surface area contributed by atoms with Gasteiger partial charge in [-0.2, -0.15) is 5.10 Å². The molecular weight excluding hydrogens is 386 g/mol. The van der Waals surface area contributed by atoms with Crippen molar-refractivity contribution in [2.45, 2.75) is 12.3 Å². The van der Waals surface area contributed by atoms with E-state index in [4.69, 9.17) is 4.74 Å². The minimum Gasteiger partial charge on any atom is -0.497 e. The van der Waals surface area contributed by atoms with Crippen molar-refractivity contribution in [3.8, 4) is 17.0 Å². The number of rotatable bonds is 9. The first-order chi connectivity index (χ1) is 14.2. The molecule has 0 atom stereocenters. The van der Waals surface area contributed by atoms with Crippen LogP contribution in [0.4, 0.5) is 0 Å². The first-order valence-corrected chi connectivity index (χ1v) is 10.4. The van der Waals surface area contributed by atoms with Crippen LogP contribution in [0.15, 0.2) is 71.5 Å². The average molecular weight is 410 g/mol. The first kappa shape index (κ1) is 20.7. The largest absolute Gasteiger partial charge is 0.497 e. The lowest BCUT2D eigenvalue weighted by molar-refractivity contribution is -0.118. The quantitative estimate of drug-likeness (QED) is 0.588. The van der Waals surface area contributed by atoms with Gasteiger partial charge in [0.1, 0.15) is 5.75 Å². The van der Waals surface area contributed by atoms with Gasteiger partial charge in [-0.3, -0.25) is 9.59 Å². The lowest BCUT2D eigenvalue weighted by Gasteiger charge is -2.09. The molecule has 6 nitrogen and oxygen atoms in total. The van der Waals surface area contributed by atoms with Crippen molar-refractivity contribution < 1.29 is 9.53 Å². The number of carbonyl (C=O) groups is 1. The number of nitrogens with zero attached hydrogens (tertiary/aromatic N) is 2. The molecule has 0 fully saturated rings. The molecule has 1 aromatic heterocycles. The zero-order valence-electron chi connectivity index (χ0n) is 16.2. The lowest BCUT2D eigenvalue weighted by Crippen LogP contribution is -2.32. The molecule has 29 heavy (non-hydrogen) atoms. The van der Waals surface area contributed by atoms with Gasteiger partial charge in [-0.1, -0.05) is 30.3 Å². The van der Waals surface area contributed by atoms with Crippen LogP contribution in [0.25, 0.3) is 11.3 Å². The van der Waals surface area contributed by atoms with Gasteiger partial charge in [0.25, 0.3) is 5.56 Å². The molecule has 2 aromatic carbocycles. The van der Waals surface area contributed by atoms with E-state index in [1.165, 1.54) is 16.3 Å². The second-order valence-corrected chi connectivity index (χ2v) is 7.32. The maximum atomic E-state index is 12.1. The highest BCUT2D eigenvalue weighted by Gasteiger charge is 2.06. The number of hydrogen-bond donors (Lipinski definition) is 1. The monoisotopic (exact) mass is 409 g/mol. The molecule has 0 saturated carbocycles. The number of carbonyl (C=O) groups excluding carboxylic acids is 1. The highest BCUT2D eigenvalue weighted by Crippen LogP contribution is 2.19. The molecule has 0 bridgehead atoms. The fourth-order valence-corrected chi connectivity index (χ4v) is 3.53. The topological polar surface area (TPSA) is 73.2 Å². The van der Waals surface area contributed by atoms with Crippen LogP contribution in [0.2, 0.25) is 0 Å². The summed E-state index contributed by atoms with van der Waals surface area (Å²) in [6.45, 7) is 0.668. The summed E-state index contributed by atoms with van der Waals surface area (Å²) in [7, 11) is 1.61. The molecule has 1 heterocycles. The molecule has 3 rings (SSSR count). The highest BCUT2D eigenvalue weighted by molar-refractivity contribution is 7.99. The minimum absolute atomic E-state index is 0.0507. The Morgan fingerprint density at radius 1 is 1.07 bits per heavy atom. The molecule has 0 unspecified atom stereocenters. The number of ether oxygens (including phenoxy) is 1. The van der Waals surface area contributed by atoms with Crippen LogP contribution in [0.5, 0.6) is 5.75 Å². The number of thioether (sulfide) groups is 1. The van der Waals surface area contributed by atoms with E-state index in [2.05, 4.69) is 10.4 Å². The van der Waals surface area contributed by atoms with Gasteiger partial charge in [0.2, 0.25) is 5.91 Å². The van der Waals surface area contributed by atoms with Crippen LogP contribution in [0.3, 0.4) is 0 Å². The summed E-state index contributed by atoms with van der Waals surface area (Å²) in [6, 6.07) is 20.7. The number of hydrogen-bond acceptors (Lipinski definition) is 5. The molecule has 0 radical (unpaired) electrons. The average Bonchev–Trinajstić information content (AvgIpc) is 2.76. The molecule has 0 spiro atoms. The maximum absolute atomic E-state index is 12.1. The Balaban J connectivity index is 1.49. The van der Waals surface area contributed by atoms with Crippen molar-refractivity contribution in [1.29, 1.82) is 0 Å². The Kier molecular flexibility index (Phi) is 7.47. The van der Waals surface area contributed by atoms with Gasteiger partial charge in [-0.25, -0.2) is 4.68 Å². The number of aromatic nitrogens is 2. The molecular formula is C22H23N3O3S. The molecule has 1 amide bonds. The second-order valence-electron chi connectivity index (χ2n) is 6.34. The van der Waals surface area contributed by atoms with E-state index in [0.29, 0.717) is 24.5 Å². The van der Waals surface area contributed by atoms with Crippen LogP contribution in [0.1, 0.15) is 5.56 Å². The smallest absolute Gasteiger partial charge is 0.266 e. The predicted octanol–water partition coefficient (Wildman–Crippen LogP) is 2.97. The molecule has 0 aliphatic carbocycles. The maximum Gasteiger partial charge on any atom is 0.266 e. The summed E-state index contributed by atoms with van der Waals surface area (Å²) in [6.07, 6.45) is 0.